The normalized spacial score (nSPS) is 22.4. The lowest BCUT2D eigenvalue weighted by Gasteiger charge is -2.37. The largest absolute Gasteiger partial charge is 0.243 e. The monoisotopic (exact) mass is 455 g/mol. The Hall–Kier alpha value is -0.920. The lowest BCUT2D eigenvalue weighted by Crippen LogP contribution is -2.47. The van der Waals surface area contributed by atoms with Gasteiger partial charge >= 0.3 is 0 Å². The number of alkyl halides is 1. The highest BCUT2D eigenvalue weighted by atomic mass is 127. The van der Waals surface area contributed by atoms with Gasteiger partial charge in [0.15, 0.2) is 0 Å². The van der Waals surface area contributed by atoms with E-state index in [2.05, 4.69) is 34.7 Å². The van der Waals surface area contributed by atoms with Crippen molar-refractivity contribution in [3.05, 3.63) is 65.7 Å². The first-order valence-corrected chi connectivity index (χ1v) is 10.9. The summed E-state index contributed by atoms with van der Waals surface area (Å²) in [7, 11) is -3.44. The lowest BCUT2D eigenvalue weighted by atomic mass is 9.98. The molecular formula is C19H22INO2S. The van der Waals surface area contributed by atoms with Gasteiger partial charge in [0, 0.05) is 16.5 Å². The summed E-state index contributed by atoms with van der Waals surface area (Å²) < 4.78 is 28.5. The van der Waals surface area contributed by atoms with Crippen molar-refractivity contribution in [2.24, 2.45) is 0 Å². The third kappa shape index (κ3) is 4.00. The second kappa shape index (κ2) is 7.54. The fourth-order valence-electron chi connectivity index (χ4n) is 3.21. The third-order valence-electron chi connectivity index (χ3n) is 4.54. The molecule has 0 bridgehead atoms. The second-order valence-electron chi connectivity index (χ2n) is 6.39. The number of nitrogens with zero attached hydrogens (tertiary/aromatic N) is 1. The van der Waals surface area contributed by atoms with Gasteiger partial charge in [-0.3, -0.25) is 0 Å². The summed E-state index contributed by atoms with van der Waals surface area (Å²) in [5.41, 5.74) is 2.26. The zero-order chi connectivity index (χ0) is 17.2. The average Bonchev–Trinajstić information content (AvgIpc) is 2.56. The SMILES string of the molecule is Cc1ccc(S(=O)(=O)N2CC[C@H](I)C[C@H]2Cc2ccccc2)cc1. The molecule has 0 radical (unpaired) electrons. The van der Waals surface area contributed by atoms with Crippen molar-refractivity contribution in [3.8, 4) is 0 Å². The maximum atomic E-state index is 13.1. The Bertz CT molecular complexity index is 775. The van der Waals surface area contributed by atoms with Gasteiger partial charge < -0.3 is 0 Å². The van der Waals surface area contributed by atoms with Crippen LogP contribution in [0.1, 0.15) is 24.0 Å². The standard InChI is InChI=1S/C19H22INO2S/c1-15-7-9-19(10-8-15)24(22,23)21-12-11-17(20)14-18(21)13-16-5-3-2-4-6-16/h2-10,17-18H,11-14H2,1H3/t17-,18+/m0/s1. The highest BCUT2D eigenvalue weighted by Gasteiger charge is 2.36. The van der Waals surface area contributed by atoms with Gasteiger partial charge in [-0.25, -0.2) is 8.42 Å². The van der Waals surface area contributed by atoms with E-state index in [9.17, 15) is 8.42 Å². The van der Waals surface area contributed by atoms with Gasteiger partial charge in [-0.1, -0.05) is 70.6 Å². The van der Waals surface area contributed by atoms with Crippen molar-refractivity contribution in [2.45, 2.75) is 41.0 Å². The zero-order valence-corrected chi connectivity index (χ0v) is 16.7. The molecule has 3 nitrogen and oxygen atoms in total. The molecule has 1 aliphatic heterocycles. The summed E-state index contributed by atoms with van der Waals surface area (Å²) in [5.74, 6) is 0. The van der Waals surface area contributed by atoms with Gasteiger partial charge in [0.25, 0.3) is 0 Å². The fraction of sp³-hybridized carbons (Fsp3) is 0.368. The smallest absolute Gasteiger partial charge is 0.207 e. The summed E-state index contributed by atoms with van der Waals surface area (Å²) in [6.45, 7) is 2.57. The average molecular weight is 455 g/mol. The van der Waals surface area contributed by atoms with E-state index in [1.807, 2.05) is 37.3 Å². The molecule has 1 aliphatic rings. The number of piperidine rings is 1. The predicted octanol–water partition coefficient (Wildman–Crippen LogP) is 4.19. The topological polar surface area (TPSA) is 37.4 Å². The van der Waals surface area contributed by atoms with Crippen molar-refractivity contribution in [1.29, 1.82) is 0 Å². The predicted molar refractivity (Wildman–Crippen MR) is 106 cm³/mol. The maximum absolute atomic E-state index is 13.1. The number of rotatable bonds is 4. The van der Waals surface area contributed by atoms with E-state index in [0.29, 0.717) is 15.4 Å². The molecule has 0 saturated carbocycles. The van der Waals surface area contributed by atoms with Gasteiger partial charge in [0.05, 0.1) is 4.90 Å². The molecule has 2 aromatic rings. The molecule has 0 spiro atoms. The summed E-state index contributed by atoms with van der Waals surface area (Å²) in [4.78, 5) is 0.401. The molecule has 2 aromatic carbocycles. The number of halogens is 1. The van der Waals surface area contributed by atoms with Crippen LogP contribution in [0.25, 0.3) is 0 Å². The van der Waals surface area contributed by atoms with Crippen molar-refractivity contribution in [3.63, 3.8) is 0 Å². The molecule has 3 rings (SSSR count). The van der Waals surface area contributed by atoms with E-state index in [1.165, 1.54) is 5.56 Å². The number of benzene rings is 2. The lowest BCUT2D eigenvalue weighted by molar-refractivity contribution is 0.260. The van der Waals surface area contributed by atoms with Crippen LogP contribution >= 0.6 is 22.6 Å². The first-order chi connectivity index (χ1) is 11.5. The molecule has 24 heavy (non-hydrogen) atoms. The van der Waals surface area contributed by atoms with Crippen LogP contribution in [0.15, 0.2) is 59.5 Å². The number of aryl methyl sites for hydroxylation is 1. The number of sulfonamides is 1. The minimum absolute atomic E-state index is 0.0225. The van der Waals surface area contributed by atoms with Gasteiger partial charge in [-0.15, -0.1) is 0 Å². The Labute approximate surface area is 158 Å². The van der Waals surface area contributed by atoms with Crippen LogP contribution in [-0.2, 0) is 16.4 Å². The molecule has 2 atom stereocenters. The molecule has 1 fully saturated rings. The van der Waals surface area contributed by atoms with Crippen molar-refractivity contribution < 1.29 is 8.42 Å². The third-order valence-corrected chi connectivity index (χ3v) is 7.64. The second-order valence-corrected chi connectivity index (χ2v) is 10.0. The molecule has 0 unspecified atom stereocenters. The Morgan fingerprint density at radius 3 is 2.42 bits per heavy atom. The summed E-state index contributed by atoms with van der Waals surface area (Å²) in [6, 6.07) is 17.4. The van der Waals surface area contributed by atoms with Gasteiger partial charge in [0.1, 0.15) is 0 Å². The van der Waals surface area contributed by atoms with E-state index in [0.717, 1.165) is 24.8 Å². The van der Waals surface area contributed by atoms with Crippen LogP contribution in [-0.4, -0.2) is 29.2 Å². The van der Waals surface area contributed by atoms with Crippen LogP contribution in [0, 0.1) is 6.92 Å². The molecule has 128 valence electrons. The van der Waals surface area contributed by atoms with Gasteiger partial charge in [0.2, 0.25) is 10.0 Å². The molecule has 1 saturated heterocycles. The quantitative estimate of drug-likeness (QED) is 0.512. The number of hydrogen-bond donors (Lipinski definition) is 0. The summed E-state index contributed by atoms with van der Waals surface area (Å²) in [5, 5.41) is 0. The molecule has 5 heteroatoms. The van der Waals surface area contributed by atoms with E-state index in [1.54, 1.807) is 16.4 Å². The summed E-state index contributed by atoms with van der Waals surface area (Å²) in [6.07, 6.45) is 2.59. The highest BCUT2D eigenvalue weighted by molar-refractivity contribution is 14.1. The summed E-state index contributed by atoms with van der Waals surface area (Å²) >= 11 is 2.45. The van der Waals surface area contributed by atoms with E-state index < -0.39 is 10.0 Å². The molecule has 0 aliphatic carbocycles. The van der Waals surface area contributed by atoms with Crippen LogP contribution < -0.4 is 0 Å². The Morgan fingerprint density at radius 2 is 1.75 bits per heavy atom. The van der Waals surface area contributed by atoms with Crippen molar-refractivity contribution in [1.82, 2.24) is 4.31 Å². The van der Waals surface area contributed by atoms with Crippen LogP contribution in [0.3, 0.4) is 0 Å². The fourth-order valence-corrected chi connectivity index (χ4v) is 5.73. The van der Waals surface area contributed by atoms with Crippen LogP contribution in [0.2, 0.25) is 0 Å². The Morgan fingerprint density at radius 1 is 1.08 bits per heavy atom. The van der Waals surface area contributed by atoms with Gasteiger partial charge in [-0.05, 0) is 43.9 Å². The molecule has 1 heterocycles. The minimum atomic E-state index is -3.44. The zero-order valence-electron chi connectivity index (χ0n) is 13.7. The maximum Gasteiger partial charge on any atom is 0.243 e. The Balaban J connectivity index is 1.89. The van der Waals surface area contributed by atoms with E-state index in [4.69, 9.17) is 0 Å². The van der Waals surface area contributed by atoms with Gasteiger partial charge in [-0.2, -0.15) is 4.31 Å². The van der Waals surface area contributed by atoms with E-state index >= 15 is 0 Å². The van der Waals surface area contributed by atoms with Crippen LogP contribution in [0.5, 0.6) is 0 Å². The molecule has 0 aromatic heterocycles. The van der Waals surface area contributed by atoms with E-state index in [-0.39, 0.29) is 6.04 Å². The number of hydrogen-bond acceptors (Lipinski definition) is 2. The molecule has 0 N–H and O–H groups in total. The van der Waals surface area contributed by atoms with Crippen LogP contribution in [0.4, 0.5) is 0 Å². The first kappa shape index (κ1) is 17.9. The molecular weight excluding hydrogens is 433 g/mol. The highest BCUT2D eigenvalue weighted by Crippen LogP contribution is 2.30. The van der Waals surface area contributed by atoms with Crippen molar-refractivity contribution >= 4 is 32.6 Å². The Kier molecular flexibility index (Phi) is 5.62. The minimum Gasteiger partial charge on any atom is -0.207 e. The first-order valence-electron chi connectivity index (χ1n) is 8.23. The van der Waals surface area contributed by atoms with Crippen molar-refractivity contribution in [2.75, 3.05) is 6.54 Å². The molecule has 0 amide bonds.